The van der Waals surface area contributed by atoms with Crippen molar-refractivity contribution >= 4 is 59.9 Å². The van der Waals surface area contributed by atoms with Crippen LogP contribution in [0.2, 0.25) is 0 Å². The van der Waals surface area contributed by atoms with Gasteiger partial charge in [0, 0.05) is 21.6 Å². The molecule has 0 aliphatic heterocycles. The molecular weight excluding hydrogens is 390 g/mol. The molecule has 0 fully saturated rings. The molecule has 3 aromatic rings. The van der Waals surface area contributed by atoms with Gasteiger partial charge in [-0.05, 0) is 52.3 Å². The number of benzene rings is 1. The summed E-state index contributed by atoms with van der Waals surface area (Å²) >= 11 is 8.30. The minimum absolute atomic E-state index is 0.135. The number of fused-ring (bicyclic) bond motifs is 1. The summed E-state index contributed by atoms with van der Waals surface area (Å²) in [6.07, 6.45) is 1.96. The number of Topliss-reactive ketones (excluding diaryl/α,β-unsaturated/α-hetero) is 1. The van der Waals surface area contributed by atoms with Gasteiger partial charge in [0.25, 0.3) is 0 Å². The number of halogens is 2. The molecule has 2 heterocycles. The van der Waals surface area contributed by atoms with Crippen molar-refractivity contribution in [2.45, 2.75) is 6.54 Å². The van der Waals surface area contributed by atoms with Crippen LogP contribution in [0.4, 0.5) is 0 Å². The zero-order valence-electron chi connectivity index (χ0n) is 9.77. The van der Waals surface area contributed by atoms with Crippen LogP contribution in [-0.4, -0.2) is 10.4 Å². The maximum Gasteiger partial charge on any atom is 0.192 e. The number of thiophene rings is 1. The zero-order valence-corrected chi connectivity index (χ0v) is 13.8. The van der Waals surface area contributed by atoms with E-state index in [0.29, 0.717) is 6.54 Å². The second kappa shape index (κ2) is 5.23. The van der Waals surface area contributed by atoms with Crippen molar-refractivity contribution in [3.63, 3.8) is 0 Å². The van der Waals surface area contributed by atoms with Crippen molar-refractivity contribution in [2.24, 2.45) is 0 Å². The molecule has 0 saturated heterocycles. The first-order valence-corrected chi connectivity index (χ1v) is 8.07. The first kappa shape index (κ1) is 13.1. The topological polar surface area (TPSA) is 22.0 Å². The highest BCUT2D eigenvalue weighted by atomic mass is 79.9. The van der Waals surface area contributed by atoms with E-state index >= 15 is 0 Å². The van der Waals surface area contributed by atoms with E-state index in [-0.39, 0.29) is 5.78 Å². The van der Waals surface area contributed by atoms with E-state index < -0.39 is 0 Å². The van der Waals surface area contributed by atoms with Crippen LogP contribution in [0.25, 0.3) is 10.9 Å². The van der Waals surface area contributed by atoms with Crippen LogP contribution in [0.15, 0.2) is 50.9 Å². The molecule has 0 unspecified atom stereocenters. The summed E-state index contributed by atoms with van der Waals surface area (Å²) in [6, 6.07) is 11.9. The summed E-state index contributed by atoms with van der Waals surface area (Å²) in [4.78, 5) is 13.0. The van der Waals surface area contributed by atoms with Crippen LogP contribution in [0, 0.1) is 0 Å². The molecule has 1 aromatic carbocycles. The Labute approximate surface area is 131 Å². The van der Waals surface area contributed by atoms with E-state index in [9.17, 15) is 4.79 Å². The van der Waals surface area contributed by atoms with Crippen LogP contribution in [0.1, 0.15) is 9.67 Å². The largest absolute Gasteiger partial charge is 0.340 e. The summed E-state index contributed by atoms with van der Waals surface area (Å²) in [5, 5.41) is 1.13. The normalized spacial score (nSPS) is 11.1. The van der Waals surface area contributed by atoms with E-state index in [1.807, 2.05) is 41.1 Å². The number of rotatable bonds is 3. The van der Waals surface area contributed by atoms with Gasteiger partial charge in [-0.2, -0.15) is 0 Å². The van der Waals surface area contributed by atoms with Gasteiger partial charge in [-0.1, -0.05) is 15.9 Å². The first-order valence-electron chi connectivity index (χ1n) is 5.66. The highest BCUT2D eigenvalue weighted by Gasteiger charge is 2.11. The summed E-state index contributed by atoms with van der Waals surface area (Å²) in [5.74, 6) is 0.135. The second-order valence-corrected chi connectivity index (χ2v) is 7.55. The molecule has 0 aliphatic rings. The minimum atomic E-state index is 0.135. The monoisotopic (exact) mass is 397 g/mol. The van der Waals surface area contributed by atoms with Crippen LogP contribution >= 0.6 is 43.2 Å². The second-order valence-electron chi connectivity index (χ2n) is 4.17. The molecule has 0 atom stereocenters. The van der Waals surface area contributed by atoms with Gasteiger partial charge in [-0.15, -0.1) is 11.3 Å². The van der Waals surface area contributed by atoms with Crippen LogP contribution in [-0.2, 0) is 6.54 Å². The Balaban J connectivity index is 1.91. The summed E-state index contributed by atoms with van der Waals surface area (Å²) in [7, 11) is 0. The lowest BCUT2D eigenvalue weighted by Gasteiger charge is -2.03. The number of nitrogens with zero attached hydrogens (tertiary/aromatic N) is 1. The van der Waals surface area contributed by atoms with Gasteiger partial charge in [-0.3, -0.25) is 4.79 Å². The Morgan fingerprint density at radius 2 is 2.00 bits per heavy atom. The van der Waals surface area contributed by atoms with Crippen molar-refractivity contribution in [2.75, 3.05) is 0 Å². The molecule has 0 amide bonds. The van der Waals surface area contributed by atoms with Crippen molar-refractivity contribution < 1.29 is 4.79 Å². The van der Waals surface area contributed by atoms with Gasteiger partial charge < -0.3 is 4.57 Å². The molecule has 0 aliphatic carbocycles. The van der Waals surface area contributed by atoms with Gasteiger partial charge in [0.05, 0.1) is 15.2 Å². The number of aromatic nitrogens is 1. The van der Waals surface area contributed by atoms with Gasteiger partial charge in [-0.25, -0.2) is 0 Å². The molecule has 0 saturated carbocycles. The number of hydrogen-bond donors (Lipinski definition) is 0. The molecule has 19 heavy (non-hydrogen) atoms. The van der Waals surface area contributed by atoms with Crippen molar-refractivity contribution in [3.8, 4) is 0 Å². The lowest BCUT2D eigenvalue weighted by molar-refractivity contribution is 0.0977. The van der Waals surface area contributed by atoms with Gasteiger partial charge in [0.1, 0.15) is 0 Å². The van der Waals surface area contributed by atoms with E-state index in [4.69, 9.17) is 0 Å². The fraction of sp³-hybridized carbons (Fsp3) is 0.0714. The minimum Gasteiger partial charge on any atom is -0.340 e. The van der Waals surface area contributed by atoms with Gasteiger partial charge in [0.2, 0.25) is 0 Å². The molecule has 2 nitrogen and oxygen atoms in total. The first-order chi connectivity index (χ1) is 9.13. The molecular formula is C14H9Br2NOS. The highest BCUT2D eigenvalue weighted by Crippen LogP contribution is 2.24. The maximum absolute atomic E-state index is 12.2. The summed E-state index contributed by atoms with van der Waals surface area (Å²) < 4.78 is 4.01. The Kier molecular flexibility index (Phi) is 3.60. The standard InChI is InChI=1S/C14H9Br2NOS/c15-10-1-2-11-9(7-10)5-6-17(11)8-12(18)13-3-4-14(16)19-13/h1-7H,8H2. The molecule has 96 valence electrons. The SMILES string of the molecule is O=C(Cn1ccc2cc(Br)ccc21)c1ccc(Br)s1. The summed E-state index contributed by atoms with van der Waals surface area (Å²) in [5.41, 5.74) is 1.08. The van der Waals surface area contributed by atoms with E-state index in [1.165, 1.54) is 11.3 Å². The Hall–Kier alpha value is -0.910. The average Bonchev–Trinajstić information content (AvgIpc) is 2.96. The third-order valence-electron chi connectivity index (χ3n) is 2.90. The van der Waals surface area contributed by atoms with Crippen molar-refractivity contribution in [1.82, 2.24) is 4.57 Å². The Morgan fingerprint density at radius 3 is 2.74 bits per heavy atom. The fourth-order valence-corrected chi connectivity index (χ4v) is 3.70. The smallest absolute Gasteiger partial charge is 0.192 e. The Bertz CT molecular complexity index is 760. The molecule has 0 radical (unpaired) electrons. The number of ketones is 1. The quantitative estimate of drug-likeness (QED) is 0.561. The van der Waals surface area contributed by atoms with E-state index in [0.717, 1.165) is 24.0 Å². The number of carbonyl (C=O) groups is 1. The molecule has 2 aromatic heterocycles. The van der Waals surface area contributed by atoms with Crippen LogP contribution in [0.3, 0.4) is 0 Å². The third-order valence-corrected chi connectivity index (χ3v) is 5.05. The summed E-state index contributed by atoms with van der Waals surface area (Å²) in [6.45, 7) is 0.373. The lowest BCUT2D eigenvalue weighted by atomic mass is 10.2. The zero-order chi connectivity index (χ0) is 13.4. The fourth-order valence-electron chi connectivity index (χ4n) is 2.01. The van der Waals surface area contributed by atoms with Crippen LogP contribution in [0.5, 0.6) is 0 Å². The maximum atomic E-state index is 12.2. The van der Waals surface area contributed by atoms with E-state index in [1.54, 1.807) is 0 Å². The molecule has 0 N–H and O–H groups in total. The highest BCUT2D eigenvalue weighted by molar-refractivity contribution is 9.11. The van der Waals surface area contributed by atoms with Crippen molar-refractivity contribution in [3.05, 3.63) is 55.7 Å². The third kappa shape index (κ3) is 2.68. The number of carbonyl (C=O) groups excluding carboxylic acids is 1. The Morgan fingerprint density at radius 1 is 1.16 bits per heavy atom. The number of hydrogen-bond acceptors (Lipinski definition) is 2. The molecule has 0 spiro atoms. The lowest BCUT2D eigenvalue weighted by Crippen LogP contribution is -2.07. The van der Waals surface area contributed by atoms with E-state index in [2.05, 4.69) is 37.9 Å². The van der Waals surface area contributed by atoms with Gasteiger partial charge >= 0.3 is 0 Å². The van der Waals surface area contributed by atoms with Crippen LogP contribution < -0.4 is 0 Å². The van der Waals surface area contributed by atoms with Crippen molar-refractivity contribution in [1.29, 1.82) is 0 Å². The average molecular weight is 399 g/mol. The predicted octanol–water partition coefficient (Wildman–Crippen LogP) is 5.11. The van der Waals surface area contributed by atoms with Gasteiger partial charge in [0.15, 0.2) is 5.78 Å². The molecule has 5 heteroatoms. The molecule has 0 bridgehead atoms. The predicted molar refractivity (Wildman–Crippen MR) is 86.0 cm³/mol. The molecule has 3 rings (SSSR count).